The Balaban J connectivity index is 1.91. The lowest BCUT2D eigenvalue weighted by Crippen LogP contribution is -2.30. The Kier molecular flexibility index (Phi) is 7.60. The van der Waals surface area contributed by atoms with Crippen LogP contribution in [0.1, 0.15) is 39.5 Å². The Morgan fingerprint density at radius 2 is 1.39 bits per heavy atom. The number of hydrogen-bond donors (Lipinski definition) is 0. The van der Waals surface area contributed by atoms with Crippen LogP contribution in [0.25, 0.3) is 0 Å². The van der Waals surface area contributed by atoms with Crippen LogP contribution in [0, 0.1) is 13.8 Å². The first kappa shape index (κ1) is 22.3. The fourth-order valence-electron chi connectivity index (χ4n) is 3.40. The smallest absolute Gasteiger partial charge is 0.254 e. The zero-order valence-corrected chi connectivity index (χ0v) is 18.9. The van der Waals surface area contributed by atoms with Crippen LogP contribution >= 0.6 is 0 Å². The molecule has 0 aromatic heterocycles. The second-order valence-electron chi connectivity index (χ2n) is 7.83. The molecule has 4 heteroatoms. The maximum absolute atomic E-state index is 13.6. The zero-order valence-electron chi connectivity index (χ0n) is 18.9. The van der Waals surface area contributed by atoms with Gasteiger partial charge in [-0.25, -0.2) is 4.99 Å². The molecule has 0 radical (unpaired) electrons. The molecule has 4 nitrogen and oxygen atoms in total. The lowest BCUT2D eigenvalue weighted by Gasteiger charge is -2.24. The lowest BCUT2D eigenvalue weighted by molar-refractivity contribution is 0.0729. The average Bonchev–Trinajstić information content (AvgIpc) is 2.80. The Morgan fingerprint density at radius 1 is 0.839 bits per heavy atom. The van der Waals surface area contributed by atoms with Crippen molar-refractivity contribution in [3.05, 3.63) is 101 Å². The van der Waals surface area contributed by atoms with Gasteiger partial charge < -0.3 is 9.80 Å². The van der Waals surface area contributed by atoms with Crippen molar-refractivity contribution in [2.24, 2.45) is 4.99 Å². The number of amides is 1. The van der Waals surface area contributed by atoms with Gasteiger partial charge in [0.05, 0.1) is 12.0 Å². The van der Waals surface area contributed by atoms with E-state index >= 15 is 0 Å². The van der Waals surface area contributed by atoms with Crippen LogP contribution in [0.15, 0.2) is 77.8 Å². The largest absolute Gasteiger partial charge is 0.366 e. The van der Waals surface area contributed by atoms with Crippen LogP contribution in [0.4, 0.5) is 5.69 Å². The van der Waals surface area contributed by atoms with Gasteiger partial charge >= 0.3 is 0 Å². The maximum Gasteiger partial charge on any atom is 0.254 e. The first-order valence-electron chi connectivity index (χ1n) is 10.7. The second kappa shape index (κ2) is 10.6. The van der Waals surface area contributed by atoms with Crippen molar-refractivity contribution in [3.8, 4) is 0 Å². The molecule has 0 aliphatic carbocycles. The molecule has 0 saturated carbocycles. The summed E-state index contributed by atoms with van der Waals surface area (Å²) in [5.74, 6) is 0.0366. The van der Waals surface area contributed by atoms with Crippen molar-refractivity contribution >= 4 is 17.9 Å². The molecule has 0 N–H and O–H groups in total. The molecule has 0 aliphatic rings. The van der Waals surface area contributed by atoms with Crippen molar-refractivity contribution in [1.29, 1.82) is 0 Å². The monoisotopic (exact) mass is 413 g/mol. The van der Waals surface area contributed by atoms with Crippen molar-refractivity contribution in [1.82, 2.24) is 9.80 Å². The van der Waals surface area contributed by atoms with Gasteiger partial charge in [-0.15, -0.1) is 0 Å². The molecule has 3 aromatic rings. The third-order valence-corrected chi connectivity index (χ3v) is 5.60. The van der Waals surface area contributed by atoms with Crippen LogP contribution in [-0.4, -0.2) is 35.6 Å². The molecule has 31 heavy (non-hydrogen) atoms. The second-order valence-corrected chi connectivity index (χ2v) is 7.83. The minimum atomic E-state index is 0.0366. The van der Waals surface area contributed by atoms with E-state index in [1.165, 1.54) is 0 Å². The van der Waals surface area contributed by atoms with Crippen LogP contribution in [0.5, 0.6) is 0 Å². The average molecular weight is 414 g/mol. The van der Waals surface area contributed by atoms with Gasteiger partial charge in [0.1, 0.15) is 0 Å². The Hall–Kier alpha value is -3.40. The molecule has 1 amide bonds. The quantitative estimate of drug-likeness (QED) is 0.348. The standard InChI is InChI=1S/C27H31N3O/c1-5-29(4)20-28-26-17-16-25(21(2)22(26)3)27(31)30(18-23-12-8-6-9-13-23)19-24-14-10-7-11-15-24/h6-17,20H,5,18-19H2,1-4H3. The van der Waals surface area contributed by atoms with Crippen molar-refractivity contribution in [2.45, 2.75) is 33.9 Å². The number of carbonyl (C=O) groups excluding carboxylic acids is 1. The van der Waals surface area contributed by atoms with E-state index in [1.54, 1.807) is 0 Å². The summed E-state index contributed by atoms with van der Waals surface area (Å²) in [6.07, 6.45) is 1.83. The van der Waals surface area contributed by atoms with Gasteiger partial charge in [0.25, 0.3) is 5.91 Å². The van der Waals surface area contributed by atoms with Gasteiger partial charge in [-0.2, -0.15) is 0 Å². The normalized spacial score (nSPS) is 11.0. The number of aliphatic imine (C=N–C) groups is 1. The van der Waals surface area contributed by atoms with Crippen molar-refractivity contribution in [3.63, 3.8) is 0 Å². The summed E-state index contributed by atoms with van der Waals surface area (Å²) in [5.41, 5.74) is 5.87. The fraction of sp³-hybridized carbons (Fsp3) is 0.259. The molecule has 0 atom stereocenters. The van der Waals surface area contributed by atoms with Gasteiger partial charge in [0, 0.05) is 32.2 Å². The van der Waals surface area contributed by atoms with Crippen LogP contribution in [0.2, 0.25) is 0 Å². The summed E-state index contributed by atoms with van der Waals surface area (Å²) in [7, 11) is 1.99. The Bertz CT molecular complexity index is 988. The van der Waals surface area contributed by atoms with E-state index < -0.39 is 0 Å². The minimum Gasteiger partial charge on any atom is -0.366 e. The van der Waals surface area contributed by atoms with Crippen molar-refractivity contribution in [2.75, 3.05) is 13.6 Å². The molecule has 0 bridgehead atoms. The van der Waals surface area contributed by atoms with Gasteiger partial charge in [-0.05, 0) is 55.2 Å². The molecule has 0 spiro atoms. The van der Waals surface area contributed by atoms with Gasteiger partial charge in [-0.1, -0.05) is 60.7 Å². The van der Waals surface area contributed by atoms with Crippen LogP contribution in [0.3, 0.4) is 0 Å². The summed E-state index contributed by atoms with van der Waals surface area (Å²) >= 11 is 0. The highest BCUT2D eigenvalue weighted by Crippen LogP contribution is 2.26. The van der Waals surface area contributed by atoms with E-state index in [2.05, 4.69) is 36.2 Å². The summed E-state index contributed by atoms with van der Waals surface area (Å²) in [6, 6.07) is 24.1. The first-order chi connectivity index (χ1) is 15.0. The number of hydrogen-bond acceptors (Lipinski definition) is 2. The highest BCUT2D eigenvalue weighted by molar-refractivity contribution is 5.96. The summed E-state index contributed by atoms with van der Waals surface area (Å²) in [6.45, 7) is 8.15. The topological polar surface area (TPSA) is 35.9 Å². The number of nitrogens with zero attached hydrogens (tertiary/aromatic N) is 3. The first-order valence-corrected chi connectivity index (χ1v) is 10.7. The predicted octanol–water partition coefficient (Wildman–Crippen LogP) is 5.76. The molecular weight excluding hydrogens is 382 g/mol. The zero-order chi connectivity index (χ0) is 22.2. The van der Waals surface area contributed by atoms with E-state index in [0.29, 0.717) is 13.1 Å². The van der Waals surface area contributed by atoms with E-state index in [4.69, 9.17) is 0 Å². The number of benzene rings is 3. The molecule has 3 rings (SSSR count). The molecule has 0 aliphatic heterocycles. The molecular formula is C27H31N3O. The molecule has 160 valence electrons. The van der Waals surface area contributed by atoms with E-state index in [-0.39, 0.29) is 5.91 Å². The van der Waals surface area contributed by atoms with Gasteiger partial charge in [0.2, 0.25) is 0 Å². The van der Waals surface area contributed by atoms with E-state index in [0.717, 1.165) is 40.0 Å². The van der Waals surface area contributed by atoms with E-state index in [9.17, 15) is 4.79 Å². The molecule has 0 heterocycles. The van der Waals surface area contributed by atoms with Gasteiger partial charge in [-0.3, -0.25) is 4.79 Å². The summed E-state index contributed by atoms with van der Waals surface area (Å²) in [5, 5.41) is 0. The SMILES string of the molecule is CCN(C)C=Nc1ccc(C(=O)N(Cc2ccccc2)Cc2ccccc2)c(C)c1C. The molecule has 0 fully saturated rings. The van der Waals surface area contributed by atoms with Crippen LogP contribution in [-0.2, 0) is 13.1 Å². The fourth-order valence-corrected chi connectivity index (χ4v) is 3.40. The minimum absolute atomic E-state index is 0.0366. The molecule has 3 aromatic carbocycles. The third kappa shape index (κ3) is 5.82. The Morgan fingerprint density at radius 3 is 1.90 bits per heavy atom. The van der Waals surface area contributed by atoms with Crippen molar-refractivity contribution < 1.29 is 4.79 Å². The molecule has 0 saturated heterocycles. The van der Waals surface area contributed by atoms with E-state index in [1.807, 2.05) is 85.6 Å². The number of carbonyl (C=O) groups is 1. The maximum atomic E-state index is 13.6. The summed E-state index contributed by atoms with van der Waals surface area (Å²) in [4.78, 5) is 22.2. The highest BCUT2D eigenvalue weighted by Gasteiger charge is 2.20. The Labute approximate surface area is 185 Å². The third-order valence-electron chi connectivity index (χ3n) is 5.60. The molecule has 0 unspecified atom stereocenters. The van der Waals surface area contributed by atoms with Crippen LogP contribution < -0.4 is 0 Å². The summed E-state index contributed by atoms with van der Waals surface area (Å²) < 4.78 is 0. The predicted molar refractivity (Wildman–Crippen MR) is 129 cm³/mol. The highest BCUT2D eigenvalue weighted by atomic mass is 16.2. The number of rotatable bonds is 8. The van der Waals surface area contributed by atoms with Gasteiger partial charge in [0.15, 0.2) is 0 Å². The lowest BCUT2D eigenvalue weighted by atomic mass is 10.00.